The van der Waals surface area contributed by atoms with Gasteiger partial charge in [0.15, 0.2) is 0 Å². The number of amides is 1. The highest BCUT2D eigenvalue weighted by molar-refractivity contribution is 8.24. The van der Waals surface area contributed by atoms with Crippen LogP contribution in [-0.2, 0) is 0 Å². The number of carbonyl (C=O) groups is 1. The van der Waals surface area contributed by atoms with Gasteiger partial charge >= 0.3 is 0 Å². The van der Waals surface area contributed by atoms with E-state index < -0.39 is 16.1 Å². The van der Waals surface area contributed by atoms with Gasteiger partial charge in [-0.3, -0.25) is 13.9 Å². The molecule has 0 saturated carbocycles. The highest BCUT2D eigenvalue weighted by Gasteiger charge is 2.39. The molecule has 5 rings (SSSR count). The van der Waals surface area contributed by atoms with Crippen molar-refractivity contribution in [2.75, 3.05) is 11.5 Å². The second-order valence-corrected chi connectivity index (χ2v) is 11.1. The smallest absolute Gasteiger partial charge is 0.251 e. The van der Waals surface area contributed by atoms with Gasteiger partial charge in [-0.05, 0) is 55.8 Å². The molecule has 4 aromatic rings. The Bertz CT molecular complexity index is 1340. The van der Waals surface area contributed by atoms with Crippen LogP contribution in [0.2, 0.25) is 0 Å². The fraction of sp³-hybridized carbons (Fsp3) is 0.200. The lowest BCUT2D eigenvalue weighted by molar-refractivity contribution is 0.0915. The van der Waals surface area contributed by atoms with Gasteiger partial charge in [-0.25, -0.2) is 9.07 Å². The van der Waals surface area contributed by atoms with Gasteiger partial charge in [-0.15, -0.1) is 0 Å². The predicted molar refractivity (Wildman–Crippen MR) is 130 cm³/mol. The summed E-state index contributed by atoms with van der Waals surface area (Å²) in [5.41, 5.74) is 2.86. The molecule has 2 heterocycles. The molecule has 0 spiro atoms. The number of nitrogens with zero attached hydrogens (tertiary/aromatic N) is 2. The van der Waals surface area contributed by atoms with Crippen molar-refractivity contribution in [1.29, 1.82) is 0 Å². The van der Waals surface area contributed by atoms with E-state index in [1.165, 1.54) is 12.1 Å². The molecule has 1 aliphatic rings. The number of nitrogens with one attached hydrogen (secondary N) is 1. The summed E-state index contributed by atoms with van der Waals surface area (Å²) in [5, 5.41) is 8.64. The molecule has 6 nitrogen and oxygen atoms in total. The van der Waals surface area contributed by atoms with E-state index in [-0.39, 0.29) is 17.5 Å². The number of benzene rings is 3. The lowest BCUT2D eigenvalue weighted by Gasteiger charge is -2.30. The molecule has 1 atom stereocenters. The van der Waals surface area contributed by atoms with Gasteiger partial charge in [-0.2, -0.15) is 15.7 Å². The molecule has 1 fully saturated rings. The molecule has 1 aliphatic heterocycles. The van der Waals surface area contributed by atoms with Gasteiger partial charge in [0.25, 0.3) is 5.91 Å². The molecule has 8 heteroatoms. The lowest BCUT2D eigenvalue weighted by Crippen LogP contribution is -2.46. The number of hydrogen-bond acceptors (Lipinski definition) is 4. The van der Waals surface area contributed by atoms with E-state index in [4.69, 9.17) is 5.10 Å². The molecule has 3 aromatic carbocycles. The molecule has 0 radical (unpaired) electrons. The number of fused-ring (bicyclic) bond motifs is 1. The summed E-state index contributed by atoms with van der Waals surface area (Å²) in [4.78, 5) is 13.1. The maximum absolute atomic E-state index is 13.5. The van der Waals surface area contributed by atoms with Gasteiger partial charge in [0.2, 0.25) is 0 Å². The van der Waals surface area contributed by atoms with Crippen LogP contribution in [0.1, 0.15) is 23.7 Å². The first-order valence-corrected chi connectivity index (χ1v) is 12.5. The van der Waals surface area contributed by atoms with E-state index in [1.54, 1.807) is 28.9 Å². The molecule has 1 saturated heterocycles. The summed E-state index contributed by atoms with van der Waals surface area (Å²) in [6.45, 7) is 1.83. The van der Waals surface area contributed by atoms with Crippen molar-refractivity contribution >= 4 is 27.4 Å². The van der Waals surface area contributed by atoms with Gasteiger partial charge in [0.05, 0.1) is 22.5 Å². The topological polar surface area (TPSA) is 87.4 Å². The summed E-state index contributed by atoms with van der Waals surface area (Å²) in [7, 11) is -2.65. The third-order valence-electron chi connectivity index (χ3n) is 6.01. The molecule has 0 aliphatic carbocycles. The molecule has 170 valence electrons. The molecule has 0 bridgehead atoms. The van der Waals surface area contributed by atoms with Crippen LogP contribution >= 0.6 is 10.6 Å². The number of rotatable bonds is 4. The summed E-state index contributed by atoms with van der Waals surface area (Å²) in [6.07, 6.45) is 0.509. The minimum absolute atomic E-state index is 0.152. The van der Waals surface area contributed by atoms with Crippen molar-refractivity contribution in [3.05, 3.63) is 84.2 Å². The van der Waals surface area contributed by atoms with Crippen LogP contribution < -0.4 is 5.32 Å². The number of carbonyl (C=O) groups excluding carboxylic acids is 1. The van der Waals surface area contributed by atoms with Crippen molar-refractivity contribution in [2.45, 2.75) is 18.9 Å². The van der Waals surface area contributed by atoms with Crippen LogP contribution in [0, 0.1) is 5.82 Å². The van der Waals surface area contributed by atoms with Crippen LogP contribution in [0.3, 0.4) is 0 Å². The molecule has 33 heavy (non-hydrogen) atoms. The Morgan fingerprint density at radius 2 is 1.82 bits per heavy atom. The standard InChI is InChI=1S/C25H24FN3O3S/c1-25(13-14-33(31,32)16-25)27-24(30)18-7-12-21-22(15-18)29(20-10-8-19(26)9-11-20)28-23(21)17-5-3-2-4-6-17/h2-12,15,31-32H,13-14,16H2,1H3,(H,27,30). The van der Waals surface area contributed by atoms with Crippen LogP contribution in [0.4, 0.5) is 4.39 Å². The number of aromatic nitrogens is 2. The Labute approximate surface area is 192 Å². The molecule has 3 N–H and O–H groups in total. The Morgan fingerprint density at radius 3 is 2.48 bits per heavy atom. The monoisotopic (exact) mass is 465 g/mol. The average molecular weight is 466 g/mol. The lowest BCUT2D eigenvalue weighted by atomic mass is 10.0. The second kappa shape index (κ2) is 7.98. The third kappa shape index (κ3) is 4.25. The summed E-state index contributed by atoms with van der Waals surface area (Å²) < 4.78 is 35.2. The van der Waals surface area contributed by atoms with Crippen LogP contribution in [0.5, 0.6) is 0 Å². The Morgan fingerprint density at radius 1 is 1.09 bits per heavy atom. The van der Waals surface area contributed by atoms with Gasteiger partial charge < -0.3 is 5.32 Å². The largest absolute Gasteiger partial charge is 0.345 e. The molecule has 1 unspecified atom stereocenters. The normalized spacial score (nSPS) is 20.6. The summed E-state index contributed by atoms with van der Waals surface area (Å²) >= 11 is 0. The quantitative estimate of drug-likeness (QED) is 0.373. The first-order chi connectivity index (χ1) is 15.7. The fourth-order valence-electron chi connectivity index (χ4n) is 4.33. The zero-order valence-corrected chi connectivity index (χ0v) is 18.8. The van der Waals surface area contributed by atoms with Crippen molar-refractivity contribution in [1.82, 2.24) is 15.1 Å². The van der Waals surface area contributed by atoms with E-state index in [0.29, 0.717) is 28.9 Å². The maximum Gasteiger partial charge on any atom is 0.251 e. The first-order valence-electron chi connectivity index (χ1n) is 10.6. The van der Waals surface area contributed by atoms with Gasteiger partial charge in [0.1, 0.15) is 11.5 Å². The van der Waals surface area contributed by atoms with Crippen LogP contribution in [0.15, 0.2) is 72.8 Å². The maximum atomic E-state index is 13.5. The Balaban J connectivity index is 1.58. The molecule has 1 aromatic heterocycles. The third-order valence-corrected chi connectivity index (χ3v) is 7.96. The van der Waals surface area contributed by atoms with Crippen molar-refractivity contribution in [2.24, 2.45) is 0 Å². The second-order valence-electron chi connectivity index (χ2n) is 8.75. The molecular formula is C25H24FN3O3S. The average Bonchev–Trinajstić information content (AvgIpc) is 3.31. The van der Waals surface area contributed by atoms with Crippen molar-refractivity contribution < 1.29 is 18.3 Å². The van der Waals surface area contributed by atoms with Gasteiger partial charge in [0, 0.05) is 22.3 Å². The van der Waals surface area contributed by atoms with E-state index in [0.717, 1.165) is 16.6 Å². The van der Waals surface area contributed by atoms with Crippen molar-refractivity contribution in [3.8, 4) is 16.9 Å². The van der Waals surface area contributed by atoms with Crippen molar-refractivity contribution in [3.63, 3.8) is 0 Å². The minimum Gasteiger partial charge on any atom is -0.345 e. The van der Waals surface area contributed by atoms with E-state index in [9.17, 15) is 18.3 Å². The zero-order chi connectivity index (χ0) is 23.2. The van der Waals surface area contributed by atoms with E-state index >= 15 is 0 Å². The van der Waals surface area contributed by atoms with E-state index in [2.05, 4.69) is 5.32 Å². The Hall–Kier alpha value is -3.20. The SMILES string of the molecule is CC1(NC(=O)c2ccc3c(-c4ccccc4)nn(-c4ccc(F)cc4)c3c2)CCS(O)(O)C1. The first kappa shape index (κ1) is 21.6. The van der Waals surface area contributed by atoms with Gasteiger partial charge in [-0.1, -0.05) is 30.3 Å². The molecular weight excluding hydrogens is 441 g/mol. The summed E-state index contributed by atoms with van der Waals surface area (Å²) in [6, 6.07) is 21.2. The zero-order valence-electron chi connectivity index (χ0n) is 18.0. The predicted octanol–water partition coefficient (Wildman–Crippen LogP) is 5.47. The van der Waals surface area contributed by atoms with E-state index in [1.807, 2.05) is 43.3 Å². The minimum atomic E-state index is -2.65. The highest BCUT2D eigenvalue weighted by Crippen LogP contribution is 2.50. The molecule has 1 amide bonds. The summed E-state index contributed by atoms with van der Waals surface area (Å²) in [5.74, 6) is -0.181. The Kier molecular flexibility index (Phi) is 5.23. The number of hydrogen-bond donors (Lipinski definition) is 3. The fourth-order valence-corrected chi connectivity index (χ4v) is 6.49. The number of halogens is 1. The van der Waals surface area contributed by atoms with Crippen LogP contribution in [0.25, 0.3) is 27.8 Å². The van der Waals surface area contributed by atoms with Crippen LogP contribution in [-0.4, -0.2) is 41.8 Å². The highest BCUT2D eigenvalue weighted by atomic mass is 32.3.